The summed E-state index contributed by atoms with van der Waals surface area (Å²) in [5, 5.41) is 7.79. The van der Waals surface area contributed by atoms with E-state index in [1.807, 2.05) is 25.1 Å². The van der Waals surface area contributed by atoms with Gasteiger partial charge in [0.2, 0.25) is 0 Å². The largest absolute Gasteiger partial charge is 0.462 e. The predicted molar refractivity (Wildman–Crippen MR) is 111 cm³/mol. The first-order valence-electron chi connectivity index (χ1n) is 9.98. The fourth-order valence-electron chi connectivity index (χ4n) is 4.17. The van der Waals surface area contributed by atoms with Crippen molar-refractivity contribution in [1.29, 1.82) is 0 Å². The van der Waals surface area contributed by atoms with Crippen molar-refractivity contribution in [1.82, 2.24) is 14.6 Å². The number of esters is 1. The summed E-state index contributed by atoms with van der Waals surface area (Å²) in [6, 6.07) is 7.22. The van der Waals surface area contributed by atoms with Crippen LogP contribution in [0, 0.1) is 12.7 Å². The molecule has 1 saturated carbocycles. The molecule has 0 saturated heterocycles. The lowest BCUT2D eigenvalue weighted by Gasteiger charge is -2.17. The molecule has 1 aliphatic rings. The van der Waals surface area contributed by atoms with Crippen LogP contribution >= 0.6 is 0 Å². The molecule has 7 heteroatoms. The van der Waals surface area contributed by atoms with Crippen LogP contribution in [0.15, 0.2) is 41.5 Å². The molecule has 0 spiro atoms. The third kappa shape index (κ3) is 2.81. The van der Waals surface area contributed by atoms with Crippen molar-refractivity contribution in [3.05, 3.63) is 69.5 Å². The molecule has 5 rings (SSSR count). The van der Waals surface area contributed by atoms with Crippen molar-refractivity contribution in [2.24, 2.45) is 0 Å². The Balaban J connectivity index is 1.81. The molecule has 0 aliphatic heterocycles. The van der Waals surface area contributed by atoms with Gasteiger partial charge in [-0.25, -0.2) is 9.18 Å². The molecule has 1 aromatic carbocycles. The third-order valence-corrected chi connectivity index (χ3v) is 5.72. The number of nitrogens with zero attached hydrogens (tertiary/aromatic N) is 2. The van der Waals surface area contributed by atoms with Gasteiger partial charge in [-0.1, -0.05) is 6.07 Å². The van der Waals surface area contributed by atoms with Gasteiger partial charge in [0.25, 0.3) is 5.56 Å². The second-order valence-corrected chi connectivity index (χ2v) is 7.68. The van der Waals surface area contributed by atoms with Crippen molar-refractivity contribution >= 4 is 22.4 Å². The molecule has 152 valence electrons. The SMILES string of the molecule is CCOC(=O)c1cc(C2CC2)c2c(C)c(-c3ccc4[nH]ncc4c3)c(F)cn2c1=O. The second-order valence-electron chi connectivity index (χ2n) is 7.68. The Hall–Kier alpha value is -3.48. The van der Waals surface area contributed by atoms with E-state index in [0.29, 0.717) is 22.2 Å². The van der Waals surface area contributed by atoms with Gasteiger partial charge in [0.05, 0.1) is 23.8 Å². The molecule has 0 radical (unpaired) electrons. The highest BCUT2D eigenvalue weighted by atomic mass is 19.1. The number of hydrogen-bond acceptors (Lipinski definition) is 4. The molecular formula is C23H20FN3O3. The van der Waals surface area contributed by atoms with Gasteiger partial charge < -0.3 is 4.74 Å². The number of carbonyl (C=O) groups is 1. The average molecular weight is 405 g/mol. The van der Waals surface area contributed by atoms with Crippen LogP contribution < -0.4 is 5.56 Å². The van der Waals surface area contributed by atoms with Crippen molar-refractivity contribution in [3.63, 3.8) is 0 Å². The number of pyridine rings is 2. The van der Waals surface area contributed by atoms with Crippen LogP contribution in [-0.2, 0) is 4.74 Å². The standard InChI is InChI=1S/C23H20FN3O3/c1-3-30-23(29)17-9-16(13-4-5-13)21-12(2)20(18(24)11-27(21)22(17)28)14-6-7-19-15(8-14)10-25-26-19/h6-11,13H,3-5H2,1-2H3,(H,25,26). The Morgan fingerprint density at radius 3 is 2.87 bits per heavy atom. The zero-order valence-corrected chi connectivity index (χ0v) is 16.7. The zero-order chi connectivity index (χ0) is 21.0. The fourth-order valence-corrected chi connectivity index (χ4v) is 4.17. The summed E-state index contributed by atoms with van der Waals surface area (Å²) < 4.78 is 21.6. The van der Waals surface area contributed by atoms with Crippen LogP contribution in [0.4, 0.5) is 4.39 Å². The van der Waals surface area contributed by atoms with Gasteiger partial charge in [-0.05, 0) is 67.5 Å². The van der Waals surface area contributed by atoms with Crippen molar-refractivity contribution in [3.8, 4) is 11.1 Å². The summed E-state index contributed by atoms with van der Waals surface area (Å²) in [5.41, 5.74) is 3.64. The number of ether oxygens (including phenoxy) is 1. The van der Waals surface area contributed by atoms with Crippen LogP contribution in [0.5, 0.6) is 0 Å². The Kier molecular flexibility index (Phi) is 4.20. The lowest BCUT2D eigenvalue weighted by atomic mass is 9.95. The van der Waals surface area contributed by atoms with Crippen molar-refractivity contribution < 1.29 is 13.9 Å². The van der Waals surface area contributed by atoms with Gasteiger partial charge in [0.15, 0.2) is 0 Å². The highest BCUT2D eigenvalue weighted by Gasteiger charge is 2.30. The summed E-state index contributed by atoms with van der Waals surface area (Å²) >= 11 is 0. The van der Waals surface area contributed by atoms with Crippen LogP contribution in [0.25, 0.3) is 27.5 Å². The number of aromatic nitrogens is 3. The number of hydrogen-bond donors (Lipinski definition) is 1. The lowest BCUT2D eigenvalue weighted by molar-refractivity contribution is 0.0524. The topological polar surface area (TPSA) is 76.5 Å². The molecule has 0 amide bonds. The summed E-state index contributed by atoms with van der Waals surface area (Å²) in [5.74, 6) is -0.943. The minimum Gasteiger partial charge on any atom is -0.462 e. The van der Waals surface area contributed by atoms with Gasteiger partial charge >= 0.3 is 5.97 Å². The molecule has 1 N–H and O–H groups in total. The second kappa shape index (κ2) is 6.79. The van der Waals surface area contributed by atoms with E-state index in [2.05, 4.69) is 10.2 Å². The van der Waals surface area contributed by atoms with E-state index in [1.54, 1.807) is 19.2 Å². The number of halogens is 1. The summed E-state index contributed by atoms with van der Waals surface area (Å²) in [6.07, 6.45) is 4.83. The molecule has 0 bridgehead atoms. The molecule has 3 aromatic heterocycles. The smallest absolute Gasteiger partial charge is 0.343 e. The van der Waals surface area contributed by atoms with Gasteiger partial charge in [0, 0.05) is 17.1 Å². The van der Waals surface area contributed by atoms with E-state index in [-0.39, 0.29) is 18.1 Å². The normalized spacial score (nSPS) is 13.8. The van der Waals surface area contributed by atoms with Crippen LogP contribution in [0.1, 0.15) is 47.2 Å². The number of H-pyrrole nitrogens is 1. The fraction of sp³-hybridized carbons (Fsp3) is 0.261. The molecule has 3 heterocycles. The van der Waals surface area contributed by atoms with E-state index in [4.69, 9.17) is 4.74 Å². The Morgan fingerprint density at radius 1 is 1.33 bits per heavy atom. The monoisotopic (exact) mass is 405 g/mol. The van der Waals surface area contributed by atoms with E-state index < -0.39 is 17.3 Å². The molecule has 4 aromatic rings. The first-order chi connectivity index (χ1) is 14.5. The van der Waals surface area contributed by atoms with Crippen molar-refractivity contribution in [2.75, 3.05) is 6.61 Å². The van der Waals surface area contributed by atoms with E-state index >= 15 is 4.39 Å². The summed E-state index contributed by atoms with van der Waals surface area (Å²) in [6.45, 7) is 3.68. The Bertz CT molecular complexity index is 1380. The van der Waals surface area contributed by atoms with Crippen LogP contribution in [0.2, 0.25) is 0 Å². The van der Waals surface area contributed by atoms with Crippen molar-refractivity contribution in [2.45, 2.75) is 32.6 Å². The Labute approximate surface area is 171 Å². The third-order valence-electron chi connectivity index (χ3n) is 5.72. The minimum absolute atomic E-state index is 0.0531. The number of benzene rings is 1. The molecule has 1 fully saturated rings. The number of fused-ring (bicyclic) bond motifs is 2. The van der Waals surface area contributed by atoms with E-state index in [9.17, 15) is 9.59 Å². The van der Waals surface area contributed by atoms with E-state index in [1.165, 1.54) is 10.6 Å². The maximum absolute atomic E-state index is 15.3. The molecular weight excluding hydrogens is 385 g/mol. The first-order valence-corrected chi connectivity index (χ1v) is 9.98. The molecule has 30 heavy (non-hydrogen) atoms. The first kappa shape index (κ1) is 18.5. The predicted octanol–water partition coefficient (Wildman–Crippen LogP) is 4.34. The Morgan fingerprint density at radius 2 is 2.13 bits per heavy atom. The lowest BCUT2D eigenvalue weighted by Crippen LogP contribution is -2.25. The maximum atomic E-state index is 15.3. The average Bonchev–Trinajstić information content (AvgIpc) is 3.46. The van der Waals surface area contributed by atoms with Gasteiger partial charge in [-0.15, -0.1) is 0 Å². The molecule has 0 atom stereocenters. The highest BCUT2D eigenvalue weighted by Crippen LogP contribution is 2.44. The number of aromatic amines is 1. The highest BCUT2D eigenvalue weighted by molar-refractivity contribution is 5.91. The van der Waals surface area contributed by atoms with Gasteiger partial charge in [-0.2, -0.15) is 5.10 Å². The van der Waals surface area contributed by atoms with Gasteiger partial charge in [-0.3, -0.25) is 14.3 Å². The number of nitrogens with one attached hydrogen (secondary N) is 1. The van der Waals surface area contributed by atoms with Crippen LogP contribution in [-0.4, -0.2) is 27.2 Å². The number of rotatable bonds is 4. The number of aryl methyl sites for hydroxylation is 1. The maximum Gasteiger partial charge on any atom is 0.343 e. The minimum atomic E-state index is -0.675. The molecule has 0 unspecified atom stereocenters. The number of carbonyl (C=O) groups excluding carboxylic acids is 1. The summed E-state index contributed by atoms with van der Waals surface area (Å²) in [4.78, 5) is 25.3. The quantitative estimate of drug-likeness (QED) is 0.512. The van der Waals surface area contributed by atoms with Crippen LogP contribution in [0.3, 0.4) is 0 Å². The summed E-state index contributed by atoms with van der Waals surface area (Å²) in [7, 11) is 0. The molecule has 6 nitrogen and oxygen atoms in total. The molecule has 1 aliphatic carbocycles. The van der Waals surface area contributed by atoms with E-state index in [0.717, 1.165) is 29.3 Å². The van der Waals surface area contributed by atoms with Gasteiger partial charge in [0.1, 0.15) is 11.4 Å². The zero-order valence-electron chi connectivity index (χ0n) is 16.7.